The van der Waals surface area contributed by atoms with Crippen LogP contribution in [0, 0.1) is 0 Å². The van der Waals surface area contributed by atoms with E-state index in [1.807, 2.05) is 18.2 Å². The van der Waals surface area contributed by atoms with Crippen molar-refractivity contribution in [1.82, 2.24) is 0 Å². The molecule has 0 radical (unpaired) electrons. The molecular weight excluding hydrogens is 254 g/mol. The van der Waals surface area contributed by atoms with Crippen LogP contribution in [-0.4, -0.2) is 16.6 Å². The minimum atomic E-state index is -1.06. The predicted molar refractivity (Wildman–Crippen MR) is 78.1 cm³/mol. The van der Waals surface area contributed by atoms with Gasteiger partial charge in [0.25, 0.3) is 0 Å². The molecule has 106 valence electrons. The van der Waals surface area contributed by atoms with E-state index < -0.39 is 5.97 Å². The zero-order chi connectivity index (χ0) is 14.6. The van der Waals surface area contributed by atoms with E-state index in [2.05, 4.69) is 31.3 Å². The fraction of sp³-hybridized carbons (Fsp3) is 0.312. The predicted octanol–water partition coefficient (Wildman–Crippen LogP) is 3.80. The molecule has 20 heavy (non-hydrogen) atoms. The van der Waals surface area contributed by atoms with E-state index >= 15 is 0 Å². The molecular formula is C16H19NO3. The van der Waals surface area contributed by atoms with E-state index in [4.69, 9.17) is 9.52 Å². The quantitative estimate of drug-likeness (QED) is 0.840. The van der Waals surface area contributed by atoms with Crippen molar-refractivity contribution in [3.05, 3.63) is 53.8 Å². The van der Waals surface area contributed by atoms with E-state index in [-0.39, 0.29) is 11.3 Å². The molecule has 4 heteroatoms. The number of nitrogens with one attached hydrogen (secondary N) is 1. The summed E-state index contributed by atoms with van der Waals surface area (Å²) in [5.74, 6) is -0.619. The average molecular weight is 273 g/mol. The molecule has 0 atom stereocenters. The standard InChI is InChI=1S/C16H19NO3/c1-16(2,11-10-12-6-4-3-5-7-12)17-14-9-8-13(20-14)15(18)19/h3-9,17H,10-11H2,1-2H3,(H,18,19). The van der Waals surface area contributed by atoms with Crippen LogP contribution in [0.5, 0.6) is 0 Å². The second-order valence-corrected chi connectivity index (χ2v) is 5.46. The van der Waals surface area contributed by atoms with E-state index in [9.17, 15) is 4.79 Å². The van der Waals surface area contributed by atoms with Crippen molar-refractivity contribution >= 4 is 11.9 Å². The molecule has 2 aromatic rings. The highest BCUT2D eigenvalue weighted by Gasteiger charge is 2.19. The van der Waals surface area contributed by atoms with Crippen LogP contribution in [0.1, 0.15) is 36.4 Å². The summed E-state index contributed by atoms with van der Waals surface area (Å²) in [4.78, 5) is 10.8. The summed E-state index contributed by atoms with van der Waals surface area (Å²) >= 11 is 0. The van der Waals surface area contributed by atoms with E-state index in [1.54, 1.807) is 6.07 Å². The van der Waals surface area contributed by atoms with Gasteiger partial charge in [-0.2, -0.15) is 0 Å². The Morgan fingerprint density at radius 1 is 1.20 bits per heavy atom. The Hall–Kier alpha value is -2.23. The Labute approximate surface area is 118 Å². The molecule has 2 rings (SSSR count). The molecule has 2 N–H and O–H groups in total. The highest BCUT2D eigenvalue weighted by molar-refractivity contribution is 5.84. The summed E-state index contributed by atoms with van der Waals surface area (Å²) < 4.78 is 5.22. The van der Waals surface area contributed by atoms with Crippen molar-refractivity contribution in [2.75, 3.05) is 5.32 Å². The van der Waals surface area contributed by atoms with Gasteiger partial charge in [-0.05, 0) is 38.3 Å². The van der Waals surface area contributed by atoms with Crippen molar-refractivity contribution in [3.63, 3.8) is 0 Å². The summed E-state index contributed by atoms with van der Waals surface area (Å²) in [5.41, 5.74) is 1.11. The average Bonchev–Trinajstić information content (AvgIpc) is 2.86. The van der Waals surface area contributed by atoms with Crippen molar-refractivity contribution in [2.24, 2.45) is 0 Å². The maximum atomic E-state index is 10.8. The highest BCUT2D eigenvalue weighted by Crippen LogP contribution is 2.22. The van der Waals surface area contributed by atoms with Gasteiger partial charge in [-0.1, -0.05) is 30.3 Å². The van der Waals surface area contributed by atoms with Crippen LogP contribution in [0.25, 0.3) is 0 Å². The number of rotatable bonds is 6. The summed E-state index contributed by atoms with van der Waals surface area (Å²) in [6.07, 6.45) is 1.87. The normalized spacial score (nSPS) is 11.3. The molecule has 0 aliphatic carbocycles. The van der Waals surface area contributed by atoms with E-state index in [1.165, 1.54) is 11.6 Å². The van der Waals surface area contributed by atoms with Gasteiger partial charge in [-0.15, -0.1) is 0 Å². The van der Waals surface area contributed by atoms with Crippen LogP contribution >= 0.6 is 0 Å². The topological polar surface area (TPSA) is 62.5 Å². The van der Waals surface area contributed by atoms with Gasteiger partial charge < -0.3 is 14.8 Å². The molecule has 0 saturated carbocycles. The van der Waals surface area contributed by atoms with Gasteiger partial charge in [0.15, 0.2) is 5.88 Å². The van der Waals surface area contributed by atoms with Crippen LogP contribution in [0.3, 0.4) is 0 Å². The monoisotopic (exact) mass is 273 g/mol. The van der Waals surface area contributed by atoms with Crippen molar-refractivity contribution in [2.45, 2.75) is 32.2 Å². The zero-order valence-electron chi connectivity index (χ0n) is 11.7. The first kappa shape index (κ1) is 14.2. The molecule has 0 aliphatic rings. The van der Waals surface area contributed by atoms with Crippen molar-refractivity contribution in [1.29, 1.82) is 0 Å². The second-order valence-electron chi connectivity index (χ2n) is 5.46. The lowest BCUT2D eigenvalue weighted by atomic mass is 9.95. The first-order chi connectivity index (χ1) is 9.46. The maximum Gasteiger partial charge on any atom is 0.371 e. The third kappa shape index (κ3) is 3.88. The van der Waals surface area contributed by atoms with Crippen LogP contribution < -0.4 is 5.32 Å². The molecule has 0 fully saturated rings. The smallest absolute Gasteiger partial charge is 0.371 e. The van der Waals surface area contributed by atoms with Gasteiger partial charge in [0.05, 0.1) is 0 Å². The minimum Gasteiger partial charge on any atom is -0.475 e. The van der Waals surface area contributed by atoms with Gasteiger partial charge in [0.1, 0.15) is 0 Å². The summed E-state index contributed by atoms with van der Waals surface area (Å²) in [6.45, 7) is 4.14. The Kier molecular flexibility index (Phi) is 4.13. The summed E-state index contributed by atoms with van der Waals surface area (Å²) in [7, 11) is 0. The lowest BCUT2D eigenvalue weighted by Gasteiger charge is -2.26. The lowest BCUT2D eigenvalue weighted by Crippen LogP contribution is -2.31. The number of furan rings is 1. The number of benzene rings is 1. The molecule has 0 amide bonds. The maximum absolute atomic E-state index is 10.8. The number of carboxylic acid groups (broad SMARTS) is 1. The second kappa shape index (κ2) is 5.82. The third-order valence-corrected chi connectivity index (χ3v) is 3.16. The Morgan fingerprint density at radius 2 is 1.90 bits per heavy atom. The summed E-state index contributed by atoms with van der Waals surface area (Å²) in [5, 5.41) is 12.1. The SMILES string of the molecule is CC(C)(CCc1ccccc1)Nc1ccc(C(=O)O)o1. The van der Waals surface area contributed by atoms with E-state index in [0.717, 1.165) is 12.8 Å². The Bertz CT molecular complexity index is 572. The van der Waals surface area contributed by atoms with Crippen LogP contribution in [0.2, 0.25) is 0 Å². The third-order valence-electron chi connectivity index (χ3n) is 3.16. The van der Waals surface area contributed by atoms with Gasteiger partial charge in [0.2, 0.25) is 5.76 Å². The van der Waals surface area contributed by atoms with Crippen molar-refractivity contribution in [3.8, 4) is 0 Å². The molecule has 0 bridgehead atoms. The number of hydrogen-bond donors (Lipinski definition) is 2. The van der Waals surface area contributed by atoms with Gasteiger partial charge in [-0.3, -0.25) is 0 Å². The molecule has 1 aromatic carbocycles. The molecule has 0 saturated heterocycles. The molecule has 1 heterocycles. The number of hydrogen-bond acceptors (Lipinski definition) is 3. The van der Waals surface area contributed by atoms with E-state index in [0.29, 0.717) is 5.88 Å². The van der Waals surface area contributed by atoms with Gasteiger partial charge >= 0.3 is 5.97 Å². The fourth-order valence-electron chi connectivity index (χ4n) is 2.02. The minimum absolute atomic E-state index is 0.0497. The van der Waals surface area contributed by atoms with Gasteiger partial charge in [0, 0.05) is 11.6 Å². The first-order valence-corrected chi connectivity index (χ1v) is 6.61. The Morgan fingerprint density at radius 3 is 2.50 bits per heavy atom. The number of aryl methyl sites for hydroxylation is 1. The number of aromatic carboxylic acids is 1. The molecule has 1 aromatic heterocycles. The molecule has 0 aliphatic heterocycles. The van der Waals surface area contributed by atoms with Crippen LogP contribution in [-0.2, 0) is 6.42 Å². The van der Waals surface area contributed by atoms with Crippen LogP contribution in [0.4, 0.5) is 5.88 Å². The highest BCUT2D eigenvalue weighted by atomic mass is 16.4. The molecule has 0 unspecified atom stereocenters. The lowest BCUT2D eigenvalue weighted by molar-refractivity contribution is 0.0663. The van der Waals surface area contributed by atoms with Crippen LogP contribution in [0.15, 0.2) is 46.9 Å². The fourth-order valence-corrected chi connectivity index (χ4v) is 2.02. The van der Waals surface area contributed by atoms with Gasteiger partial charge in [-0.25, -0.2) is 4.79 Å². The molecule has 0 spiro atoms. The number of anilines is 1. The first-order valence-electron chi connectivity index (χ1n) is 6.61. The number of carboxylic acids is 1. The summed E-state index contributed by atoms with van der Waals surface area (Å²) in [6, 6.07) is 13.4. The number of carbonyl (C=O) groups is 1. The largest absolute Gasteiger partial charge is 0.475 e. The van der Waals surface area contributed by atoms with Crippen molar-refractivity contribution < 1.29 is 14.3 Å². The Balaban J connectivity index is 1.94. The molecule has 4 nitrogen and oxygen atoms in total. The zero-order valence-corrected chi connectivity index (χ0v) is 11.7.